The summed E-state index contributed by atoms with van der Waals surface area (Å²) in [5.41, 5.74) is 0. The maximum absolute atomic E-state index is 12.9. The molecular formula is C60H93O11P. The van der Waals surface area contributed by atoms with E-state index in [-0.39, 0.29) is 25.9 Å². The predicted octanol–water partition coefficient (Wildman–Crippen LogP) is 15.6. The van der Waals surface area contributed by atoms with Crippen LogP contribution >= 0.6 is 7.82 Å². The second-order valence-corrected chi connectivity index (χ2v) is 18.3. The molecule has 0 aliphatic carbocycles. The molecule has 404 valence electrons. The third kappa shape index (κ3) is 50.3. The number of phosphoric acid groups is 1. The summed E-state index contributed by atoms with van der Waals surface area (Å²) in [5.74, 6) is -1.67. The fourth-order valence-electron chi connectivity index (χ4n) is 6.30. The van der Waals surface area contributed by atoms with Crippen molar-refractivity contribution in [3.63, 3.8) is 0 Å². The summed E-state index contributed by atoms with van der Waals surface area (Å²) in [5, 5.41) is 9.77. The fourth-order valence-corrected chi connectivity index (χ4v) is 7.08. The molecule has 3 atom stereocenters. The Morgan fingerprint density at radius 2 is 0.722 bits per heavy atom. The van der Waals surface area contributed by atoms with Crippen molar-refractivity contribution in [2.24, 2.45) is 0 Å². The summed E-state index contributed by atoms with van der Waals surface area (Å²) in [4.78, 5) is 48.4. The Morgan fingerprint density at radius 3 is 1.17 bits per heavy atom. The number of phosphoric ester groups is 1. The fraction of sp³-hybridized carbons (Fsp3) is 0.550. The van der Waals surface area contributed by atoms with Crippen LogP contribution < -0.4 is 0 Å². The largest absolute Gasteiger partial charge is 0.472 e. The van der Waals surface area contributed by atoms with Crippen molar-refractivity contribution in [2.75, 3.05) is 26.4 Å². The van der Waals surface area contributed by atoms with Gasteiger partial charge in [-0.2, -0.15) is 0 Å². The minimum absolute atomic E-state index is 0.0426. The summed E-state index contributed by atoms with van der Waals surface area (Å²) in [6.45, 7) is 4.09. The van der Waals surface area contributed by atoms with Gasteiger partial charge in [0.25, 0.3) is 0 Å². The van der Waals surface area contributed by atoms with Crippen LogP contribution in [-0.4, -0.2) is 66.5 Å². The normalized spacial score (nSPS) is 14.6. The molecule has 0 aromatic rings. The minimum atomic E-state index is -4.79. The number of hydrogen-bond acceptors (Lipinski definition) is 10. The van der Waals surface area contributed by atoms with E-state index in [1.54, 1.807) is 0 Å². The Morgan fingerprint density at radius 1 is 0.389 bits per heavy atom. The van der Waals surface area contributed by atoms with E-state index in [0.29, 0.717) is 25.7 Å². The number of hydrogen-bond donors (Lipinski definition) is 2. The molecule has 0 radical (unpaired) electrons. The van der Waals surface area contributed by atoms with Gasteiger partial charge in [0.05, 0.1) is 19.8 Å². The lowest BCUT2D eigenvalue weighted by Crippen LogP contribution is -2.30. The first-order valence-corrected chi connectivity index (χ1v) is 28.2. The van der Waals surface area contributed by atoms with E-state index >= 15 is 0 Å². The van der Waals surface area contributed by atoms with Crippen molar-refractivity contribution in [1.29, 1.82) is 0 Å². The highest BCUT2D eigenvalue weighted by atomic mass is 31.2. The molecule has 0 fully saturated rings. The van der Waals surface area contributed by atoms with Crippen molar-refractivity contribution < 1.29 is 52.2 Å². The topological polar surface area (TPSA) is 155 Å². The van der Waals surface area contributed by atoms with Gasteiger partial charge in [0, 0.05) is 19.3 Å². The molecule has 0 aliphatic heterocycles. The van der Waals surface area contributed by atoms with Gasteiger partial charge in [-0.1, -0.05) is 186 Å². The van der Waals surface area contributed by atoms with E-state index in [4.69, 9.17) is 23.3 Å². The Hall–Kier alpha value is -4.64. The monoisotopic (exact) mass is 1020 g/mol. The number of esters is 3. The number of aliphatic hydroxyl groups is 1. The maximum atomic E-state index is 12.9. The lowest BCUT2D eigenvalue weighted by molar-refractivity contribution is -0.161. The van der Waals surface area contributed by atoms with E-state index in [1.807, 2.05) is 30.4 Å². The van der Waals surface area contributed by atoms with Crippen LogP contribution in [0.1, 0.15) is 175 Å². The Kier molecular flexibility index (Phi) is 49.3. The molecule has 2 N–H and O–H groups in total. The summed E-state index contributed by atoms with van der Waals surface area (Å²) in [6, 6.07) is 0. The van der Waals surface area contributed by atoms with Gasteiger partial charge in [-0.25, -0.2) is 4.57 Å². The molecule has 11 nitrogen and oxygen atoms in total. The first-order valence-electron chi connectivity index (χ1n) is 26.7. The number of rotatable bonds is 47. The van der Waals surface area contributed by atoms with Gasteiger partial charge in [0.15, 0.2) is 6.10 Å². The molecule has 0 saturated heterocycles. The molecule has 0 aromatic carbocycles. The molecule has 0 spiro atoms. The number of unbranched alkanes of at least 4 members (excludes halogenated alkanes) is 6. The SMILES string of the molecule is CC/C=C\C/C=C\C/C=C\C/C=C\C/C=C\CCCC(=O)OCC(COP(=O)(O)OCC(CO)OC(=O)CC/C=C\C/C=C\C/C=C\C/C=C\CC)OC(=O)CCCCCCC/C=C\C/C=C\C/C=C\CC. The van der Waals surface area contributed by atoms with Crippen LogP contribution in [0.4, 0.5) is 0 Å². The van der Waals surface area contributed by atoms with Crippen LogP contribution in [0.5, 0.6) is 0 Å². The summed E-state index contributed by atoms with van der Waals surface area (Å²) in [7, 11) is -4.79. The lowest BCUT2D eigenvalue weighted by Gasteiger charge is -2.21. The highest BCUT2D eigenvalue weighted by Crippen LogP contribution is 2.43. The van der Waals surface area contributed by atoms with Crippen molar-refractivity contribution in [2.45, 2.75) is 187 Å². The predicted molar refractivity (Wildman–Crippen MR) is 297 cm³/mol. The molecule has 0 aliphatic rings. The Labute approximate surface area is 435 Å². The Balaban J connectivity index is 4.94. The molecule has 0 rings (SSSR count). The third-order valence-electron chi connectivity index (χ3n) is 10.3. The van der Waals surface area contributed by atoms with Crippen LogP contribution in [0.2, 0.25) is 0 Å². The second-order valence-electron chi connectivity index (χ2n) is 16.9. The molecule has 0 saturated carbocycles. The highest BCUT2D eigenvalue weighted by Gasteiger charge is 2.28. The van der Waals surface area contributed by atoms with Gasteiger partial charge >= 0.3 is 25.7 Å². The molecular weight excluding hydrogens is 928 g/mol. The molecule has 0 aromatic heterocycles. The lowest BCUT2D eigenvalue weighted by atomic mass is 10.1. The number of ether oxygens (including phenoxy) is 3. The molecule has 3 unspecified atom stereocenters. The summed E-state index contributed by atoms with van der Waals surface area (Å²) < 4.78 is 39.2. The quantitative estimate of drug-likeness (QED) is 0.0197. The van der Waals surface area contributed by atoms with Crippen LogP contribution in [-0.2, 0) is 42.2 Å². The average Bonchev–Trinajstić information content (AvgIpc) is 3.37. The Bertz CT molecular complexity index is 1760. The smallest absolute Gasteiger partial charge is 0.462 e. The highest BCUT2D eigenvalue weighted by molar-refractivity contribution is 7.47. The van der Waals surface area contributed by atoms with Gasteiger partial charge in [-0.05, 0) is 116 Å². The van der Waals surface area contributed by atoms with Crippen LogP contribution in [0.15, 0.2) is 146 Å². The minimum Gasteiger partial charge on any atom is -0.462 e. The number of aliphatic hydroxyl groups excluding tert-OH is 1. The first kappa shape index (κ1) is 67.4. The third-order valence-corrected chi connectivity index (χ3v) is 11.2. The summed E-state index contributed by atoms with van der Waals surface area (Å²) >= 11 is 0. The molecule has 0 heterocycles. The zero-order valence-corrected chi connectivity index (χ0v) is 45.2. The molecule has 72 heavy (non-hydrogen) atoms. The molecule has 0 bridgehead atoms. The van der Waals surface area contributed by atoms with E-state index < -0.39 is 57.8 Å². The van der Waals surface area contributed by atoms with Crippen molar-refractivity contribution >= 4 is 25.7 Å². The van der Waals surface area contributed by atoms with E-state index in [1.165, 1.54) is 0 Å². The molecule has 12 heteroatoms. The van der Waals surface area contributed by atoms with Gasteiger partial charge in [0.1, 0.15) is 12.7 Å². The average molecular weight is 1020 g/mol. The van der Waals surface area contributed by atoms with Crippen molar-refractivity contribution in [1.82, 2.24) is 0 Å². The van der Waals surface area contributed by atoms with Gasteiger partial charge in [-0.15, -0.1) is 0 Å². The number of carbonyl (C=O) groups is 3. The van der Waals surface area contributed by atoms with Crippen LogP contribution in [0.3, 0.4) is 0 Å². The summed E-state index contributed by atoms with van der Waals surface area (Å²) in [6.07, 6.45) is 67.0. The molecule has 0 amide bonds. The first-order chi connectivity index (χ1) is 35.2. The van der Waals surface area contributed by atoms with E-state index in [9.17, 15) is 28.9 Å². The standard InChI is InChI=1S/C60H93O11P/c1-4-7-10-13-16-19-22-25-27-28-30-32-34-37-40-43-46-49-58(62)67-53-57(71-60(64)51-48-45-42-39-36-33-29-26-23-20-17-14-11-8-5-2)55-69-72(65,66)68-54-56(52-61)70-59(63)50-47-44-41-38-35-31-24-21-18-15-12-9-6-3/h7-12,16-21,25-27,29-32,35,37,40-41,44,56-57,61H,4-6,13-15,22-24,28,33-34,36,38-39,42-43,45-55H2,1-3H3,(H,65,66)/b10-7-,11-8-,12-9-,19-16-,20-17-,21-18-,27-25-,29-26-,32-30-,35-31-,40-37-,44-41-. The van der Waals surface area contributed by atoms with Crippen molar-refractivity contribution in [3.05, 3.63) is 146 Å². The zero-order chi connectivity index (χ0) is 52.7. The van der Waals surface area contributed by atoms with Gasteiger partial charge in [0.2, 0.25) is 0 Å². The zero-order valence-electron chi connectivity index (χ0n) is 44.3. The van der Waals surface area contributed by atoms with Crippen LogP contribution in [0.25, 0.3) is 0 Å². The number of carbonyl (C=O) groups excluding carboxylic acids is 3. The van der Waals surface area contributed by atoms with Crippen LogP contribution in [0, 0.1) is 0 Å². The second kappa shape index (κ2) is 52.7. The van der Waals surface area contributed by atoms with Gasteiger partial charge < -0.3 is 24.2 Å². The van der Waals surface area contributed by atoms with Gasteiger partial charge in [-0.3, -0.25) is 23.4 Å². The van der Waals surface area contributed by atoms with E-state index in [2.05, 4.69) is 136 Å². The maximum Gasteiger partial charge on any atom is 0.472 e. The van der Waals surface area contributed by atoms with E-state index in [0.717, 1.165) is 109 Å². The van der Waals surface area contributed by atoms with Crippen molar-refractivity contribution in [3.8, 4) is 0 Å². The number of allylic oxidation sites excluding steroid dienone is 24.